The first-order chi connectivity index (χ1) is 25.8. The van der Waals surface area contributed by atoms with Crippen LogP contribution in [0.2, 0.25) is 0 Å². The Balaban J connectivity index is -0.000000111. The number of carbonyl (C=O) groups is 1. The number of rotatable bonds is 18. The van der Waals surface area contributed by atoms with Gasteiger partial charge in [0.05, 0.1) is 10.8 Å². The largest absolute Gasteiger partial charge is 0.481 e. The molecule has 16 nitrogen and oxygen atoms in total. The first-order valence-corrected chi connectivity index (χ1v) is 20.2. The molecule has 0 aliphatic heterocycles. The van der Waals surface area contributed by atoms with E-state index in [0.29, 0.717) is 32.7 Å². The number of nitrogens with zero attached hydrogens (tertiary/aromatic N) is 6. The average molecular weight is 1030 g/mol. The van der Waals surface area contributed by atoms with Crippen molar-refractivity contribution in [1.29, 1.82) is 0 Å². The van der Waals surface area contributed by atoms with Crippen molar-refractivity contribution in [2.24, 2.45) is 0 Å². The summed E-state index contributed by atoms with van der Waals surface area (Å²) in [6.45, 7) is 63.7. The van der Waals surface area contributed by atoms with Crippen molar-refractivity contribution < 1.29 is 67.2 Å². The fraction of sp³-hybridized carbons (Fsp3) is 0.821. The van der Waals surface area contributed by atoms with Crippen molar-refractivity contribution in [2.75, 3.05) is 91.6 Å². The average Bonchev–Trinajstić information content (AvgIpc) is 3.09. The molecule has 58 heavy (non-hydrogen) atoms. The Morgan fingerprint density at radius 1 is 0.500 bits per heavy atom. The van der Waals surface area contributed by atoms with E-state index in [0.717, 1.165) is 11.8 Å². The van der Waals surface area contributed by atoms with Crippen LogP contribution >= 0.6 is 11.8 Å². The number of thioether (sulfide) groups is 1. The molecule has 0 aliphatic carbocycles. The number of hydrogen-bond acceptors (Lipinski definition) is 10. The Labute approximate surface area is 369 Å². The van der Waals surface area contributed by atoms with Gasteiger partial charge >= 0.3 is 5.97 Å². The number of aliphatic carboxylic acids is 1. The minimum Gasteiger partial charge on any atom is -0.481 e. The molecule has 0 aromatic carbocycles. The first-order valence-electron chi connectivity index (χ1n) is 17.2. The number of methoxy groups -OCH3 is 5. The topological polar surface area (TPSA) is 153 Å². The normalized spacial score (nSPS) is 10.9. The van der Waals surface area contributed by atoms with Gasteiger partial charge in [0, 0.05) is 56.0 Å². The Hall–Kier alpha value is -2.87. The first kappa shape index (κ1) is 69.7. The fourth-order valence-corrected chi connectivity index (χ4v) is 4.34. The number of carboxylic acid groups (broad SMARTS) is 1. The fourth-order valence-electron chi connectivity index (χ4n) is 2.05. The maximum atomic E-state index is 11.4. The molecule has 1 radical (unpaired) electrons. The summed E-state index contributed by atoms with van der Waals surface area (Å²) in [4.78, 5) is 29.4. The van der Waals surface area contributed by atoms with Gasteiger partial charge in [-0.1, -0.05) is 0 Å². The van der Waals surface area contributed by atoms with Gasteiger partial charge in [0.25, 0.3) is 0 Å². The van der Waals surface area contributed by atoms with Crippen molar-refractivity contribution in [1.82, 2.24) is 0 Å². The summed E-state index contributed by atoms with van der Waals surface area (Å²) >= 11 is 0.804. The van der Waals surface area contributed by atoms with Gasteiger partial charge in [-0.15, -0.1) is 11.8 Å². The van der Waals surface area contributed by atoms with Crippen LogP contribution in [0, 0.1) is 39.4 Å². The molecule has 335 valence electrons. The smallest absolute Gasteiger partial charge is 0.313 e. The minimum absolute atomic E-state index is 0. The van der Waals surface area contributed by atoms with Crippen LogP contribution in [0.4, 0.5) is 0 Å². The SMILES string of the molecule is [C-]#[N+]CC(C)(C)OC.[C-]#[N+]CC(C)(C)OC.[C-]#[N+]CC(C)(C)OC.[C-]#[N+]CC(C)(C)OC.[C-]#[N+]CC(C)(C)OC.[C-]#[N+]CC(C)(C)OCS(=O)(=O)CSCC(=O)O.[Re]. The molecule has 1 N–H and O–H groups in total. The molecule has 0 atom stereocenters. The number of carboxylic acids is 1. The third-order valence-electron chi connectivity index (χ3n) is 6.64. The van der Waals surface area contributed by atoms with E-state index >= 15 is 0 Å². The van der Waals surface area contributed by atoms with Crippen molar-refractivity contribution in [3.63, 3.8) is 0 Å². The summed E-state index contributed by atoms with van der Waals surface area (Å²) in [6, 6.07) is 0. The van der Waals surface area contributed by atoms with Crippen LogP contribution in [-0.4, -0.2) is 145 Å². The third kappa shape index (κ3) is 57.5. The van der Waals surface area contributed by atoms with E-state index < -0.39 is 27.3 Å². The van der Waals surface area contributed by atoms with Crippen molar-refractivity contribution >= 4 is 27.6 Å². The van der Waals surface area contributed by atoms with Gasteiger partial charge in [0.15, 0.2) is 9.84 Å². The van der Waals surface area contributed by atoms with E-state index in [1.54, 1.807) is 49.4 Å². The summed E-state index contributed by atoms with van der Waals surface area (Å²) in [6.07, 6.45) is 0. The second-order valence-corrected chi connectivity index (χ2v) is 18.7. The molecule has 0 bridgehead atoms. The molecule has 0 unspecified atom stereocenters. The van der Waals surface area contributed by atoms with Gasteiger partial charge in [-0.2, -0.15) is 0 Å². The van der Waals surface area contributed by atoms with E-state index in [-0.39, 0.29) is 65.8 Å². The van der Waals surface area contributed by atoms with Crippen LogP contribution < -0.4 is 0 Å². The van der Waals surface area contributed by atoms with Crippen molar-refractivity contribution in [3.05, 3.63) is 68.5 Å². The van der Waals surface area contributed by atoms with Crippen LogP contribution in [0.1, 0.15) is 83.1 Å². The third-order valence-corrected chi connectivity index (χ3v) is 9.67. The standard InChI is InChI=1S/C9H15NO5S2.5C6H11NO.Re/c1-9(2,5-10-3)15-6-17(13,14)7-16-4-8(11)12;5*1-6(2,8-4)5-7-3;/h4-7H2,1-2H3,(H,11,12);5*5H2,1-2,4H3;. The number of sulfone groups is 1. The van der Waals surface area contributed by atoms with Gasteiger partial charge in [0.1, 0.15) is 39.5 Å². The van der Waals surface area contributed by atoms with E-state index in [2.05, 4.69) is 29.1 Å². The summed E-state index contributed by atoms with van der Waals surface area (Å²) in [7, 11) is 4.63. The van der Waals surface area contributed by atoms with Crippen molar-refractivity contribution in [3.8, 4) is 0 Å². The molecule has 0 saturated carbocycles. The Kier molecular flexibility index (Phi) is 44.7. The molecule has 0 aliphatic rings. The van der Waals surface area contributed by atoms with E-state index in [9.17, 15) is 13.2 Å². The number of ether oxygens (including phenoxy) is 6. The van der Waals surface area contributed by atoms with Crippen LogP contribution in [0.15, 0.2) is 0 Å². The molecular weight excluding hydrogens is 963 g/mol. The summed E-state index contributed by atoms with van der Waals surface area (Å²) in [5, 5.41) is 8.06. The zero-order valence-electron chi connectivity index (χ0n) is 37.9. The van der Waals surface area contributed by atoms with E-state index in [1.165, 1.54) is 0 Å². The second kappa shape index (κ2) is 37.2. The molecule has 0 amide bonds. The molecule has 19 heteroatoms. The van der Waals surface area contributed by atoms with E-state index in [1.807, 2.05) is 69.2 Å². The second-order valence-electron chi connectivity index (χ2n) is 15.3. The van der Waals surface area contributed by atoms with E-state index in [4.69, 9.17) is 73.0 Å². The molecular formula is C39H70N6O10ReS2. The summed E-state index contributed by atoms with van der Waals surface area (Å²) < 4.78 is 52.8. The van der Waals surface area contributed by atoms with Gasteiger partial charge in [0.2, 0.25) is 39.3 Å². The number of hydrogen-bond donors (Lipinski definition) is 1. The van der Waals surface area contributed by atoms with Crippen LogP contribution in [0.3, 0.4) is 0 Å². The molecule has 0 spiro atoms. The Morgan fingerprint density at radius 2 is 0.707 bits per heavy atom. The zero-order valence-corrected chi connectivity index (χ0v) is 42.2. The van der Waals surface area contributed by atoms with Gasteiger partial charge in [-0.25, -0.2) is 47.9 Å². The Bertz CT molecular complexity index is 1280. The van der Waals surface area contributed by atoms with Crippen LogP contribution in [-0.2, 0) is 63.5 Å². The van der Waals surface area contributed by atoms with Crippen LogP contribution in [0.5, 0.6) is 0 Å². The van der Waals surface area contributed by atoms with Gasteiger partial charge < -0.3 is 62.6 Å². The maximum Gasteiger partial charge on any atom is 0.313 e. The molecule has 0 aromatic heterocycles. The minimum atomic E-state index is -3.45. The monoisotopic (exact) mass is 1030 g/mol. The quantitative estimate of drug-likeness (QED) is 0.136. The molecule has 0 heterocycles. The summed E-state index contributed by atoms with van der Waals surface area (Å²) in [5.74, 6) is -1.81. The Morgan fingerprint density at radius 3 is 0.862 bits per heavy atom. The van der Waals surface area contributed by atoms with Gasteiger partial charge in [-0.05, 0) is 83.1 Å². The van der Waals surface area contributed by atoms with Crippen molar-refractivity contribution in [2.45, 2.75) is 117 Å². The van der Waals surface area contributed by atoms with Gasteiger partial charge in [-0.3, -0.25) is 4.79 Å². The molecule has 0 rings (SSSR count). The maximum absolute atomic E-state index is 11.4. The predicted molar refractivity (Wildman–Crippen MR) is 228 cm³/mol. The predicted octanol–water partition coefficient (Wildman–Crippen LogP) is 7.50. The summed E-state index contributed by atoms with van der Waals surface area (Å²) in [5.41, 5.74) is -2.12. The molecule has 0 aromatic rings. The molecule has 0 saturated heterocycles. The van der Waals surface area contributed by atoms with Crippen LogP contribution in [0.25, 0.3) is 29.1 Å². The molecule has 0 fully saturated rings. The zero-order chi connectivity index (χ0) is 46.6.